The molecule has 0 spiro atoms. The van der Waals surface area contributed by atoms with Gasteiger partial charge in [-0.15, -0.1) is 0 Å². The van der Waals surface area contributed by atoms with Crippen molar-refractivity contribution < 1.29 is 14.6 Å². The Morgan fingerprint density at radius 1 is 1.32 bits per heavy atom. The minimum absolute atomic E-state index is 0.135. The summed E-state index contributed by atoms with van der Waals surface area (Å²) in [6, 6.07) is 6.93. The summed E-state index contributed by atoms with van der Waals surface area (Å²) in [5.74, 6) is 0.587. The lowest BCUT2D eigenvalue weighted by Crippen LogP contribution is -2.32. The van der Waals surface area contributed by atoms with Crippen molar-refractivity contribution in [2.45, 2.75) is 33.3 Å². The quantitative estimate of drug-likeness (QED) is 0.858. The fraction of sp³-hybridized carbons (Fsp3) is 0.533. The zero-order chi connectivity index (χ0) is 14.5. The molecule has 19 heavy (non-hydrogen) atoms. The van der Waals surface area contributed by atoms with Crippen molar-refractivity contribution in [3.05, 3.63) is 29.8 Å². The second kappa shape index (κ2) is 6.57. The van der Waals surface area contributed by atoms with Crippen molar-refractivity contribution >= 4 is 5.91 Å². The van der Waals surface area contributed by atoms with E-state index in [4.69, 9.17) is 4.74 Å². The number of aliphatic hydroxyl groups excluding tert-OH is 1. The monoisotopic (exact) mass is 265 g/mol. The SMILES string of the molecule is COc1ccc(C(=O)NCC[C@@H](O)C(C)(C)C)cc1. The fourth-order valence-corrected chi connectivity index (χ4v) is 1.60. The van der Waals surface area contributed by atoms with E-state index in [1.807, 2.05) is 20.8 Å². The Labute approximate surface area is 114 Å². The Balaban J connectivity index is 2.43. The molecule has 4 heteroatoms. The van der Waals surface area contributed by atoms with Gasteiger partial charge in [0.1, 0.15) is 5.75 Å². The molecule has 0 heterocycles. The molecule has 0 aliphatic carbocycles. The molecule has 1 aromatic rings. The molecule has 4 nitrogen and oxygen atoms in total. The van der Waals surface area contributed by atoms with Crippen molar-refractivity contribution in [2.75, 3.05) is 13.7 Å². The number of ether oxygens (including phenoxy) is 1. The first-order valence-electron chi connectivity index (χ1n) is 6.45. The molecule has 0 fully saturated rings. The largest absolute Gasteiger partial charge is 0.497 e. The molecule has 0 aliphatic rings. The van der Waals surface area contributed by atoms with Crippen LogP contribution in [0.15, 0.2) is 24.3 Å². The van der Waals surface area contributed by atoms with Crippen LogP contribution in [-0.4, -0.2) is 30.8 Å². The van der Waals surface area contributed by atoms with Gasteiger partial charge >= 0.3 is 0 Å². The number of hydrogen-bond donors (Lipinski definition) is 2. The Morgan fingerprint density at radius 2 is 1.89 bits per heavy atom. The number of carbonyl (C=O) groups is 1. The maximum Gasteiger partial charge on any atom is 0.251 e. The van der Waals surface area contributed by atoms with Gasteiger partial charge in [-0.2, -0.15) is 0 Å². The van der Waals surface area contributed by atoms with Gasteiger partial charge in [-0.25, -0.2) is 0 Å². The Hall–Kier alpha value is -1.55. The Bertz CT molecular complexity index is 406. The highest BCUT2D eigenvalue weighted by atomic mass is 16.5. The maximum absolute atomic E-state index is 11.8. The van der Waals surface area contributed by atoms with E-state index in [0.29, 0.717) is 18.5 Å². The molecular weight excluding hydrogens is 242 g/mol. The van der Waals surface area contributed by atoms with E-state index < -0.39 is 6.10 Å². The van der Waals surface area contributed by atoms with Crippen LogP contribution in [0.25, 0.3) is 0 Å². The summed E-state index contributed by atoms with van der Waals surface area (Å²) in [6.07, 6.45) is 0.120. The molecule has 0 saturated heterocycles. The molecule has 106 valence electrons. The lowest BCUT2D eigenvalue weighted by molar-refractivity contribution is 0.0551. The van der Waals surface area contributed by atoms with E-state index >= 15 is 0 Å². The maximum atomic E-state index is 11.8. The van der Waals surface area contributed by atoms with E-state index in [9.17, 15) is 9.90 Å². The summed E-state index contributed by atoms with van der Waals surface area (Å²) in [5, 5.41) is 12.7. The van der Waals surface area contributed by atoms with Crippen LogP contribution >= 0.6 is 0 Å². The first-order valence-corrected chi connectivity index (χ1v) is 6.45. The zero-order valence-corrected chi connectivity index (χ0v) is 12.1. The average Bonchev–Trinajstić information content (AvgIpc) is 2.37. The van der Waals surface area contributed by atoms with Gasteiger partial charge in [-0.1, -0.05) is 20.8 Å². The van der Waals surface area contributed by atoms with Crippen LogP contribution in [0, 0.1) is 5.41 Å². The van der Waals surface area contributed by atoms with Crippen LogP contribution < -0.4 is 10.1 Å². The third kappa shape index (κ3) is 4.91. The number of amides is 1. The Morgan fingerprint density at radius 3 is 2.37 bits per heavy atom. The van der Waals surface area contributed by atoms with Gasteiger partial charge in [0.15, 0.2) is 0 Å². The number of methoxy groups -OCH3 is 1. The summed E-state index contributed by atoms with van der Waals surface area (Å²) in [4.78, 5) is 11.8. The molecule has 0 bridgehead atoms. The highest BCUT2D eigenvalue weighted by molar-refractivity contribution is 5.94. The van der Waals surface area contributed by atoms with Gasteiger partial charge in [-0.3, -0.25) is 4.79 Å². The molecule has 0 aliphatic heterocycles. The molecule has 0 saturated carbocycles. The molecule has 1 aromatic carbocycles. The first kappa shape index (κ1) is 15.5. The third-order valence-electron chi connectivity index (χ3n) is 3.06. The van der Waals surface area contributed by atoms with Crippen molar-refractivity contribution in [3.8, 4) is 5.75 Å². The number of rotatable bonds is 5. The van der Waals surface area contributed by atoms with E-state index in [0.717, 1.165) is 5.75 Å². The lowest BCUT2D eigenvalue weighted by Gasteiger charge is -2.25. The van der Waals surface area contributed by atoms with E-state index in [-0.39, 0.29) is 11.3 Å². The van der Waals surface area contributed by atoms with Crippen molar-refractivity contribution in [1.29, 1.82) is 0 Å². The summed E-state index contributed by atoms with van der Waals surface area (Å²) < 4.78 is 5.03. The summed E-state index contributed by atoms with van der Waals surface area (Å²) >= 11 is 0. The van der Waals surface area contributed by atoms with Crippen LogP contribution in [0.3, 0.4) is 0 Å². The summed E-state index contributed by atoms with van der Waals surface area (Å²) in [7, 11) is 1.59. The minimum Gasteiger partial charge on any atom is -0.497 e. The molecule has 1 amide bonds. The van der Waals surface area contributed by atoms with Gasteiger partial charge < -0.3 is 15.2 Å². The van der Waals surface area contributed by atoms with Gasteiger partial charge in [0, 0.05) is 12.1 Å². The normalized spacial score (nSPS) is 12.9. The smallest absolute Gasteiger partial charge is 0.251 e. The molecular formula is C15H23NO3. The standard InChI is InChI=1S/C15H23NO3/c1-15(2,3)13(17)9-10-16-14(18)11-5-7-12(19-4)8-6-11/h5-8,13,17H,9-10H2,1-4H3,(H,16,18)/t13-/m1/s1. The van der Waals surface area contributed by atoms with Crippen LogP contribution in [0.1, 0.15) is 37.6 Å². The van der Waals surface area contributed by atoms with Gasteiger partial charge in [0.05, 0.1) is 13.2 Å². The molecule has 0 aromatic heterocycles. The van der Waals surface area contributed by atoms with E-state index in [1.165, 1.54) is 0 Å². The molecule has 1 atom stereocenters. The number of hydrogen-bond acceptors (Lipinski definition) is 3. The van der Waals surface area contributed by atoms with Crippen LogP contribution in [0.5, 0.6) is 5.75 Å². The van der Waals surface area contributed by atoms with E-state index in [1.54, 1.807) is 31.4 Å². The van der Waals surface area contributed by atoms with Gasteiger partial charge in [-0.05, 0) is 36.1 Å². The van der Waals surface area contributed by atoms with Gasteiger partial charge in [0.25, 0.3) is 5.91 Å². The second-order valence-electron chi connectivity index (χ2n) is 5.65. The number of aliphatic hydroxyl groups is 1. The minimum atomic E-state index is -0.427. The topological polar surface area (TPSA) is 58.6 Å². The average molecular weight is 265 g/mol. The molecule has 0 unspecified atom stereocenters. The van der Waals surface area contributed by atoms with E-state index in [2.05, 4.69) is 5.32 Å². The predicted octanol–water partition coefficient (Wildman–Crippen LogP) is 2.22. The van der Waals surface area contributed by atoms with Crippen LogP contribution in [0.2, 0.25) is 0 Å². The molecule has 1 rings (SSSR count). The van der Waals surface area contributed by atoms with Crippen molar-refractivity contribution in [3.63, 3.8) is 0 Å². The summed E-state index contributed by atoms with van der Waals surface area (Å²) in [6.45, 7) is 6.39. The van der Waals surface area contributed by atoms with Crippen molar-refractivity contribution in [2.24, 2.45) is 5.41 Å². The van der Waals surface area contributed by atoms with Gasteiger partial charge in [0.2, 0.25) is 0 Å². The van der Waals surface area contributed by atoms with Crippen molar-refractivity contribution in [1.82, 2.24) is 5.32 Å². The second-order valence-corrected chi connectivity index (χ2v) is 5.65. The lowest BCUT2D eigenvalue weighted by atomic mass is 9.87. The number of nitrogens with one attached hydrogen (secondary N) is 1. The highest BCUT2D eigenvalue weighted by Crippen LogP contribution is 2.21. The number of carbonyl (C=O) groups excluding carboxylic acids is 1. The highest BCUT2D eigenvalue weighted by Gasteiger charge is 2.21. The molecule has 0 radical (unpaired) electrons. The first-order chi connectivity index (χ1) is 8.84. The predicted molar refractivity (Wildman–Crippen MR) is 75.4 cm³/mol. The van der Waals surface area contributed by atoms with Crippen LogP contribution in [-0.2, 0) is 0 Å². The van der Waals surface area contributed by atoms with Crippen LogP contribution in [0.4, 0.5) is 0 Å². The third-order valence-corrected chi connectivity index (χ3v) is 3.06. The number of benzene rings is 1. The Kier molecular flexibility index (Phi) is 5.36. The zero-order valence-electron chi connectivity index (χ0n) is 12.1. The summed E-state index contributed by atoms with van der Waals surface area (Å²) in [5.41, 5.74) is 0.427. The molecule has 2 N–H and O–H groups in total. The fourth-order valence-electron chi connectivity index (χ4n) is 1.60.